The van der Waals surface area contributed by atoms with Crippen LogP contribution in [0.15, 0.2) is 28.7 Å². The van der Waals surface area contributed by atoms with E-state index in [1.54, 1.807) is 4.31 Å². The number of carboxylic acid groups (broad SMARTS) is 1. The van der Waals surface area contributed by atoms with Crippen LogP contribution in [-0.2, 0) is 19.6 Å². The van der Waals surface area contributed by atoms with Gasteiger partial charge in [0.25, 0.3) is 0 Å². The summed E-state index contributed by atoms with van der Waals surface area (Å²) in [6.45, 7) is 2.43. The summed E-state index contributed by atoms with van der Waals surface area (Å²) < 4.78 is 36.6. The highest BCUT2D eigenvalue weighted by Gasteiger charge is 2.28. The summed E-state index contributed by atoms with van der Waals surface area (Å²) in [5, 5.41) is 13.1. The van der Waals surface area contributed by atoms with Gasteiger partial charge in [0.1, 0.15) is 0 Å². The number of halogens is 1. The molecule has 34 heavy (non-hydrogen) atoms. The predicted molar refractivity (Wildman–Crippen MR) is 134 cm³/mol. The van der Waals surface area contributed by atoms with Crippen molar-refractivity contribution in [2.45, 2.75) is 32.2 Å². The van der Waals surface area contributed by atoms with Gasteiger partial charge < -0.3 is 19.9 Å². The first-order chi connectivity index (χ1) is 16.2. The number of piperidine rings is 1. The minimum Gasteiger partial charge on any atom is -0.479 e. The molecule has 2 aromatic rings. The minimum absolute atomic E-state index is 0.0233. The average Bonchev–Trinajstić information content (AvgIpc) is 3.14. The number of aromatic carboxylic acids is 1. The molecule has 1 saturated heterocycles. The third kappa shape index (κ3) is 6.29. The van der Waals surface area contributed by atoms with Gasteiger partial charge >= 0.3 is 11.9 Å². The lowest BCUT2D eigenvalue weighted by Crippen LogP contribution is -2.43. The van der Waals surface area contributed by atoms with Crippen LogP contribution in [-0.4, -0.2) is 68.4 Å². The number of thiophene rings is 1. The van der Waals surface area contributed by atoms with Crippen molar-refractivity contribution in [1.29, 1.82) is 0 Å². The predicted octanol–water partition coefficient (Wildman–Crippen LogP) is 4.04. The molecule has 0 aliphatic carbocycles. The SMILES string of the molecule is CCCS(=O)(=O)N1CCC(Nc2cccc(-c3sc(C(=O)O)c(OCC(=O)OC)c3Br)c2)CC1. The number of benzene rings is 1. The lowest BCUT2D eigenvalue weighted by Gasteiger charge is -2.32. The summed E-state index contributed by atoms with van der Waals surface area (Å²) in [4.78, 5) is 23.8. The van der Waals surface area contributed by atoms with Gasteiger partial charge in [-0.15, -0.1) is 11.3 Å². The van der Waals surface area contributed by atoms with Gasteiger partial charge in [0, 0.05) is 24.8 Å². The molecule has 0 radical (unpaired) electrons. The van der Waals surface area contributed by atoms with Crippen LogP contribution in [0, 0.1) is 0 Å². The van der Waals surface area contributed by atoms with E-state index in [4.69, 9.17) is 4.74 Å². The number of anilines is 1. The van der Waals surface area contributed by atoms with Crippen LogP contribution in [0.4, 0.5) is 5.69 Å². The van der Waals surface area contributed by atoms with Crippen LogP contribution in [0.3, 0.4) is 0 Å². The Morgan fingerprint density at radius 2 is 2.00 bits per heavy atom. The normalized spacial score (nSPS) is 15.1. The van der Waals surface area contributed by atoms with Gasteiger partial charge in [-0.1, -0.05) is 19.1 Å². The highest BCUT2D eigenvalue weighted by Crippen LogP contribution is 2.46. The molecule has 0 bridgehead atoms. The standard InChI is InChI=1S/C22H27BrN2O7S2/c1-3-11-34(29,30)25-9-7-15(8-10-25)24-16-6-4-5-14(12-16)20-18(23)19(21(33-20)22(27)28)32-13-17(26)31-2/h4-6,12,15,24H,3,7-11,13H2,1-2H3,(H,27,28). The number of carboxylic acids is 1. The second kappa shape index (κ2) is 11.5. The van der Waals surface area contributed by atoms with Crippen LogP contribution < -0.4 is 10.1 Å². The van der Waals surface area contributed by atoms with Crippen molar-refractivity contribution >= 4 is 54.9 Å². The summed E-state index contributed by atoms with van der Waals surface area (Å²) in [6, 6.07) is 7.67. The van der Waals surface area contributed by atoms with Crippen molar-refractivity contribution < 1.29 is 32.6 Å². The molecule has 0 unspecified atom stereocenters. The van der Waals surface area contributed by atoms with E-state index in [1.807, 2.05) is 31.2 Å². The molecule has 0 atom stereocenters. The Morgan fingerprint density at radius 1 is 1.29 bits per heavy atom. The lowest BCUT2D eigenvalue weighted by atomic mass is 10.1. The maximum Gasteiger partial charge on any atom is 0.349 e. The lowest BCUT2D eigenvalue weighted by molar-refractivity contribution is -0.142. The molecule has 3 rings (SSSR count). The number of esters is 1. The second-order valence-corrected chi connectivity index (χ2v) is 11.7. The van der Waals surface area contributed by atoms with Gasteiger partial charge in [0.2, 0.25) is 10.0 Å². The zero-order valence-electron chi connectivity index (χ0n) is 18.9. The Bertz CT molecular complexity index is 1140. The Labute approximate surface area is 211 Å². The van der Waals surface area contributed by atoms with E-state index in [-0.39, 0.29) is 22.4 Å². The molecule has 1 fully saturated rings. The van der Waals surface area contributed by atoms with Gasteiger partial charge in [-0.25, -0.2) is 22.3 Å². The molecular weight excluding hydrogens is 548 g/mol. The van der Waals surface area contributed by atoms with Crippen LogP contribution in [0.5, 0.6) is 5.75 Å². The molecule has 9 nitrogen and oxygen atoms in total. The number of nitrogens with zero attached hydrogens (tertiary/aromatic N) is 1. The number of methoxy groups -OCH3 is 1. The quantitative estimate of drug-likeness (QED) is 0.407. The number of hydrogen-bond acceptors (Lipinski definition) is 8. The number of sulfonamides is 1. The fourth-order valence-corrected chi connectivity index (χ4v) is 7.12. The van der Waals surface area contributed by atoms with Gasteiger partial charge in [0.15, 0.2) is 17.2 Å². The maximum atomic E-state index is 12.3. The van der Waals surface area contributed by atoms with Crippen molar-refractivity contribution in [2.24, 2.45) is 0 Å². The summed E-state index contributed by atoms with van der Waals surface area (Å²) in [7, 11) is -1.96. The van der Waals surface area contributed by atoms with Gasteiger partial charge in [-0.05, 0) is 52.9 Å². The first-order valence-electron chi connectivity index (χ1n) is 10.8. The molecule has 186 valence electrons. The van der Waals surface area contributed by atoms with E-state index in [0.717, 1.165) is 22.6 Å². The first kappa shape index (κ1) is 26.5. The van der Waals surface area contributed by atoms with Crippen LogP contribution in [0.1, 0.15) is 35.9 Å². The number of nitrogens with one attached hydrogen (secondary N) is 1. The average molecular weight is 576 g/mol. The van der Waals surface area contributed by atoms with Crippen LogP contribution in [0.25, 0.3) is 10.4 Å². The fraction of sp³-hybridized carbons (Fsp3) is 0.455. The maximum absolute atomic E-state index is 12.3. The van der Waals surface area contributed by atoms with Crippen molar-refractivity contribution in [3.63, 3.8) is 0 Å². The largest absolute Gasteiger partial charge is 0.479 e. The summed E-state index contributed by atoms with van der Waals surface area (Å²) in [5.74, 6) is -1.52. The molecule has 1 aliphatic heterocycles. The highest BCUT2D eigenvalue weighted by atomic mass is 79.9. The monoisotopic (exact) mass is 574 g/mol. The number of carbonyl (C=O) groups excluding carboxylic acids is 1. The van der Waals surface area contributed by atoms with E-state index in [0.29, 0.717) is 41.7 Å². The molecule has 1 aromatic heterocycles. The molecular formula is C22H27BrN2O7S2. The molecule has 12 heteroatoms. The van der Waals surface area contributed by atoms with Crippen molar-refractivity contribution in [2.75, 3.05) is 37.9 Å². The first-order valence-corrected chi connectivity index (χ1v) is 14.0. The summed E-state index contributed by atoms with van der Waals surface area (Å²) in [6.07, 6.45) is 2.00. The number of hydrogen-bond donors (Lipinski definition) is 2. The van der Waals surface area contributed by atoms with Gasteiger partial charge in [-0.3, -0.25) is 0 Å². The van der Waals surface area contributed by atoms with Crippen molar-refractivity contribution in [3.05, 3.63) is 33.6 Å². The smallest absolute Gasteiger partial charge is 0.349 e. The minimum atomic E-state index is -3.19. The Balaban J connectivity index is 1.75. The van der Waals surface area contributed by atoms with Crippen molar-refractivity contribution in [3.8, 4) is 16.2 Å². The molecule has 1 aliphatic rings. The Kier molecular flexibility index (Phi) is 8.96. The zero-order valence-corrected chi connectivity index (χ0v) is 22.1. The third-order valence-corrected chi connectivity index (χ3v) is 9.67. The topological polar surface area (TPSA) is 122 Å². The third-order valence-electron chi connectivity index (χ3n) is 5.37. The van der Waals surface area contributed by atoms with Gasteiger partial charge in [-0.2, -0.15) is 0 Å². The van der Waals surface area contributed by atoms with E-state index in [2.05, 4.69) is 26.0 Å². The summed E-state index contributed by atoms with van der Waals surface area (Å²) >= 11 is 4.47. The van der Waals surface area contributed by atoms with E-state index in [9.17, 15) is 23.1 Å². The highest BCUT2D eigenvalue weighted by molar-refractivity contribution is 9.10. The van der Waals surface area contributed by atoms with E-state index >= 15 is 0 Å². The second-order valence-electron chi connectivity index (χ2n) is 7.79. The number of rotatable bonds is 10. The molecule has 1 aromatic carbocycles. The molecule has 0 spiro atoms. The molecule has 0 saturated carbocycles. The number of ether oxygens (including phenoxy) is 2. The van der Waals surface area contributed by atoms with Crippen LogP contribution >= 0.6 is 27.3 Å². The van der Waals surface area contributed by atoms with E-state index < -0.39 is 28.6 Å². The number of carbonyl (C=O) groups is 2. The van der Waals surface area contributed by atoms with Gasteiger partial charge in [0.05, 0.1) is 22.2 Å². The Morgan fingerprint density at radius 3 is 2.62 bits per heavy atom. The van der Waals surface area contributed by atoms with Crippen LogP contribution in [0.2, 0.25) is 0 Å². The fourth-order valence-electron chi connectivity index (χ4n) is 3.69. The van der Waals surface area contributed by atoms with E-state index in [1.165, 1.54) is 7.11 Å². The molecule has 0 amide bonds. The molecule has 2 heterocycles. The summed E-state index contributed by atoms with van der Waals surface area (Å²) in [5.41, 5.74) is 1.63. The molecule has 2 N–H and O–H groups in total. The Hall–Kier alpha value is -2.15. The zero-order chi connectivity index (χ0) is 24.9. The van der Waals surface area contributed by atoms with Crippen molar-refractivity contribution in [1.82, 2.24) is 4.31 Å².